The number of imidazole rings is 1. The minimum Gasteiger partial charge on any atom is -0.320 e. The lowest BCUT2D eigenvalue weighted by Gasteiger charge is -2.17. The van der Waals surface area contributed by atoms with Crippen LogP contribution < -0.4 is 11.4 Å². The highest BCUT2D eigenvalue weighted by Gasteiger charge is 2.17. The minimum absolute atomic E-state index is 0.221. The van der Waals surface area contributed by atoms with Crippen LogP contribution >= 0.6 is 31.9 Å². The number of benzene rings is 2. The molecule has 3 aromatic rings. The zero-order valence-electron chi connectivity index (χ0n) is 11.2. The molecule has 0 spiro atoms. The van der Waals surface area contributed by atoms with Gasteiger partial charge in [0.05, 0.1) is 17.1 Å². The first kappa shape index (κ1) is 14.6. The molecule has 0 aliphatic rings. The summed E-state index contributed by atoms with van der Waals surface area (Å²) in [5.74, 6) is 0. The SMILES string of the molecule is Cc1c(Br)cccc1C(N)c1cc2[nH]c(=O)[nH]c2cc1Br. The molecule has 6 heteroatoms. The number of aromatic nitrogens is 2. The van der Waals surface area contributed by atoms with E-state index < -0.39 is 0 Å². The first-order valence-corrected chi connectivity index (χ1v) is 7.98. The lowest BCUT2D eigenvalue weighted by atomic mass is 9.95. The largest absolute Gasteiger partial charge is 0.323 e. The van der Waals surface area contributed by atoms with Crippen LogP contribution in [0.15, 0.2) is 44.1 Å². The predicted molar refractivity (Wildman–Crippen MR) is 91.5 cm³/mol. The molecule has 3 rings (SSSR count). The van der Waals surface area contributed by atoms with Crippen LogP contribution in [0.5, 0.6) is 0 Å². The van der Waals surface area contributed by atoms with Crippen molar-refractivity contribution in [2.24, 2.45) is 5.73 Å². The normalized spacial score (nSPS) is 12.8. The van der Waals surface area contributed by atoms with Crippen LogP contribution in [0.2, 0.25) is 0 Å². The quantitative estimate of drug-likeness (QED) is 0.601. The number of halogens is 2. The van der Waals surface area contributed by atoms with Gasteiger partial charge in [0, 0.05) is 8.95 Å². The average molecular weight is 411 g/mol. The van der Waals surface area contributed by atoms with E-state index in [1.54, 1.807) is 0 Å². The number of H-pyrrole nitrogens is 2. The Kier molecular flexibility index (Phi) is 3.77. The first-order valence-electron chi connectivity index (χ1n) is 6.39. The molecule has 21 heavy (non-hydrogen) atoms. The maximum Gasteiger partial charge on any atom is 0.323 e. The summed E-state index contributed by atoms with van der Waals surface area (Å²) in [6, 6.07) is 9.48. The minimum atomic E-state index is -0.278. The molecule has 0 amide bonds. The van der Waals surface area contributed by atoms with E-state index in [2.05, 4.69) is 41.8 Å². The van der Waals surface area contributed by atoms with Crippen LogP contribution in [0.25, 0.3) is 11.0 Å². The zero-order valence-corrected chi connectivity index (χ0v) is 14.4. The third kappa shape index (κ3) is 2.59. The van der Waals surface area contributed by atoms with E-state index in [9.17, 15) is 4.79 Å². The number of nitrogens with two attached hydrogens (primary N) is 1. The van der Waals surface area contributed by atoms with Gasteiger partial charge in [-0.1, -0.05) is 44.0 Å². The predicted octanol–water partition coefficient (Wildman–Crippen LogP) is 3.74. The van der Waals surface area contributed by atoms with Crippen LogP contribution in [0.3, 0.4) is 0 Å². The molecule has 0 aliphatic carbocycles. The summed E-state index contributed by atoms with van der Waals surface area (Å²) in [6.45, 7) is 2.03. The second kappa shape index (κ2) is 5.44. The molecule has 1 atom stereocenters. The number of fused-ring (bicyclic) bond motifs is 1. The van der Waals surface area contributed by atoms with Gasteiger partial charge >= 0.3 is 5.69 Å². The van der Waals surface area contributed by atoms with Crippen LogP contribution in [-0.2, 0) is 0 Å². The third-order valence-corrected chi connectivity index (χ3v) is 5.16. The summed E-state index contributed by atoms with van der Waals surface area (Å²) in [5, 5.41) is 0. The zero-order chi connectivity index (χ0) is 15.1. The summed E-state index contributed by atoms with van der Waals surface area (Å²) in [4.78, 5) is 16.9. The smallest absolute Gasteiger partial charge is 0.320 e. The molecule has 0 fully saturated rings. The van der Waals surface area contributed by atoms with Crippen molar-refractivity contribution in [3.63, 3.8) is 0 Å². The Morgan fingerprint density at radius 3 is 2.43 bits per heavy atom. The molecule has 0 aliphatic heterocycles. The van der Waals surface area contributed by atoms with Crippen molar-refractivity contribution in [2.75, 3.05) is 0 Å². The van der Waals surface area contributed by atoms with E-state index in [0.29, 0.717) is 0 Å². The molecule has 0 bridgehead atoms. The van der Waals surface area contributed by atoms with Gasteiger partial charge in [-0.15, -0.1) is 0 Å². The van der Waals surface area contributed by atoms with E-state index >= 15 is 0 Å². The molecule has 1 heterocycles. The Labute approximate surface area is 138 Å². The van der Waals surface area contributed by atoms with E-state index in [1.807, 2.05) is 37.3 Å². The Morgan fingerprint density at radius 1 is 1.05 bits per heavy atom. The Morgan fingerprint density at radius 2 is 1.71 bits per heavy atom. The van der Waals surface area contributed by atoms with Crippen molar-refractivity contribution in [1.82, 2.24) is 9.97 Å². The van der Waals surface area contributed by atoms with Crippen molar-refractivity contribution < 1.29 is 0 Å². The lowest BCUT2D eigenvalue weighted by Crippen LogP contribution is -2.14. The van der Waals surface area contributed by atoms with Crippen molar-refractivity contribution in [3.05, 3.63) is 66.5 Å². The molecule has 0 radical (unpaired) electrons. The summed E-state index contributed by atoms with van der Waals surface area (Å²) in [6.07, 6.45) is 0. The summed E-state index contributed by atoms with van der Waals surface area (Å²) in [7, 11) is 0. The van der Waals surface area contributed by atoms with Gasteiger partial charge in [0.15, 0.2) is 0 Å². The summed E-state index contributed by atoms with van der Waals surface area (Å²) >= 11 is 7.07. The molecule has 1 aromatic heterocycles. The van der Waals surface area contributed by atoms with Crippen LogP contribution in [0.1, 0.15) is 22.7 Å². The van der Waals surface area contributed by atoms with Crippen LogP contribution in [0, 0.1) is 6.92 Å². The molecule has 4 nitrogen and oxygen atoms in total. The average Bonchev–Trinajstić information content (AvgIpc) is 2.79. The van der Waals surface area contributed by atoms with Gasteiger partial charge in [0.25, 0.3) is 0 Å². The fourth-order valence-electron chi connectivity index (χ4n) is 2.44. The van der Waals surface area contributed by atoms with Gasteiger partial charge in [-0.05, 0) is 41.8 Å². The number of hydrogen-bond acceptors (Lipinski definition) is 2. The van der Waals surface area contributed by atoms with E-state index in [4.69, 9.17) is 5.73 Å². The monoisotopic (exact) mass is 409 g/mol. The standard InChI is InChI=1S/C15H13Br2N3O/c1-7-8(3-2-4-10(7)16)14(18)9-5-12-13(6-11(9)17)20-15(21)19-12/h2-6,14H,18H2,1H3,(H2,19,20,21). The highest BCUT2D eigenvalue weighted by Crippen LogP contribution is 2.32. The van der Waals surface area contributed by atoms with Crippen molar-refractivity contribution in [2.45, 2.75) is 13.0 Å². The molecule has 2 aromatic carbocycles. The molecule has 1 unspecified atom stereocenters. The van der Waals surface area contributed by atoms with Crippen LogP contribution in [-0.4, -0.2) is 9.97 Å². The van der Waals surface area contributed by atoms with Crippen molar-refractivity contribution in [3.8, 4) is 0 Å². The second-order valence-corrected chi connectivity index (χ2v) is 6.64. The first-order chi connectivity index (χ1) is 9.97. The molecule has 4 N–H and O–H groups in total. The van der Waals surface area contributed by atoms with Crippen molar-refractivity contribution in [1.29, 1.82) is 0 Å². The molecule has 0 saturated carbocycles. The van der Waals surface area contributed by atoms with Gasteiger partial charge in [0.1, 0.15) is 0 Å². The topological polar surface area (TPSA) is 74.7 Å². The molecular weight excluding hydrogens is 398 g/mol. The second-order valence-electron chi connectivity index (χ2n) is 4.93. The highest BCUT2D eigenvalue weighted by atomic mass is 79.9. The fourth-order valence-corrected chi connectivity index (χ4v) is 3.41. The van der Waals surface area contributed by atoms with Gasteiger partial charge < -0.3 is 15.7 Å². The highest BCUT2D eigenvalue weighted by molar-refractivity contribution is 9.10. The molecule has 108 valence electrons. The van der Waals surface area contributed by atoms with E-state index in [0.717, 1.165) is 36.7 Å². The number of nitrogens with one attached hydrogen (secondary N) is 2. The van der Waals surface area contributed by atoms with E-state index in [-0.39, 0.29) is 11.7 Å². The third-order valence-electron chi connectivity index (χ3n) is 3.61. The van der Waals surface area contributed by atoms with Gasteiger partial charge in [0.2, 0.25) is 0 Å². The maximum absolute atomic E-state index is 11.4. The molecular formula is C15H13Br2N3O. The Bertz CT molecular complexity index is 882. The van der Waals surface area contributed by atoms with Gasteiger partial charge in [-0.3, -0.25) is 0 Å². The summed E-state index contributed by atoms with van der Waals surface area (Å²) < 4.78 is 1.90. The Balaban J connectivity index is 2.16. The van der Waals surface area contributed by atoms with Crippen LogP contribution in [0.4, 0.5) is 0 Å². The number of aromatic amines is 2. The van der Waals surface area contributed by atoms with E-state index in [1.165, 1.54) is 0 Å². The fraction of sp³-hybridized carbons (Fsp3) is 0.133. The number of rotatable bonds is 2. The van der Waals surface area contributed by atoms with Gasteiger partial charge in [-0.25, -0.2) is 4.79 Å². The summed E-state index contributed by atoms with van der Waals surface area (Å²) in [5.41, 5.74) is 10.8. The molecule has 0 saturated heterocycles. The van der Waals surface area contributed by atoms with Gasteiger partial charge in [-0.2, -0.15) is 0 Å². The Hall–Kier alpha value is -1.37. The van der Waals surface area contributed by atoms with Crippen molar-refractivity contribution >= 4 is 42.9 Å². The maximum atomic E-state index is 11.4. The lowest BCUT2D eigenvalue weighted by molar-refractivity contribution is 0.856. The number of hydrogen-bond donors (Lipinski definition) is 3.